The highest BCUT2D eigenvalue weighted by Crippen LogP contribution is 2.38. The number of nitrogens with one attached hydrogen (secondary N) is 1. The van der Waals surface area contributed by atoms with Crippen molar-refractivity contribution < 1.29 is 0 Å². The van der Waals surface area contributed by atoms with Gasteiger partial charge in [-0.05, 0) is 91.5 Å². The summed E-state index contributed by atoms with van der Waals surface area (Å²) in [5.74, 6) is 1.75. The second kappa shape index (κ2) is 10.7. The van der Waals surface area contributed by atoms with E-state index in [2.05, 4.69) is 61.8 Å². The number of piperidine rings is 1. The molecule has 3 heterocycles. The predicted molar refractivity (Wildman–Crippen MR) is 156 cm³/mol. The first kappa shape index (κ1) is 25.5. The SMILES string of the molecule is CC(C)CCN1CCC(c2ccc3[nH]c(-c4cc(-c5ccccc5)c(=O)n(C)c4)c(C(C)C)c3c2)CC1. The Labute approximate surface area is 221 Å². The molecule has 0 atom stereocenters. The Balaban J connectivity index is 1.50. The third-order valence-electron chi connectivity index (χ3n) is 8.08. The number of hydrogen-bond acceptors (Lipinski definition) is 2. The van der Waals surface area contributed by atoms with Crippen molar-refractivity contribution in [2.75, 3.05) is 19.6 Å². The van der Waals surface area contributed by atoms with Crippen LogP contribution < -0.4 is 5.56 Å². The van der Waals surface area contributed by atoms with E-state index in [1.807, 2.05) is 43.6 Å². The molecule has 0 bridgehead atoms. The maximum atomic E-state index is 13.0. The quantitative estimate of drug-likeness (QED) is 0.288. The normalized spacial score (nSPS) is 15.3. The largest absolute Gasteiger partial charge is 0.354 e. The lowest BCUT2D eigenvalue weighted by molar-refractivity contribution is 0.202. The molecule has 37 heavy (non-hydrogen) atoms. The van der Waals surface area contributed by atoms with Crippen LogP contribution in [0.5, 0.6) is 0 Å². The molecule has 1 aliphatic rings. The summed E-state index contributed by atoms with van der Waals surface area (Å²) in [4.78, 5) is 19.4. The third-order valence-corrected chi connectivity index (χ3v) is 8.08. The molecule has 0 spiro atoms. The maximum Gasteiger partial charge on any atom is 0.258 e. The Morgan fingerprint density at radius 1 is 0.946 bits per heavy atom. The van der Waals surface area contributed by atoms with Crippen molar-refractivity contribution in [3.63, 3.8) is 0 Å². The fourth-order valence-corrected chi connectivity index (χ4v) is 5.92. The monoisotopic (exact) mass is 495 g/mol. The van der Waals surface area contributed by atoms with Gasteiger partial charge in [0.25, 0.3) is 5.56 Å². The average Bonchev–Trinajstić information content (AvgIpc) is 3.29. The van der Waals surface area contributed by atoms with Crippen LogP contribution in [0.25, 0.3) is 33.3 Å². The summed E-state index contributed by atoms with van der Waals surface area (Å²) < 4.78 is 1.71. The molecule has 5 rings (SSSR count). The van der Waals surface area contributed by atoms with Gasteiger partial charge in [0.05, 0.1) is 5.69 Å². The lowest BCUT2D eigenvalue weighted by atomic mass is 9.87. The van der Waals surface area contributed by atoms with Crippen LogP contribution in [0.2, 0.25) is 0 Å². The van der Waals surface area contributed by atoms with Crippen molar-refractivity contribution >= 4 is 10.9 Å². The molecule has 1 N–H and O–H groups in total. The number of aryl methyl sites for hydroxylation is 1. The Morgan fingerprint density at radius 2 is 1.68 bits per heavy atom. The summed E-state index contributed by atoms with van der Waals surface area (Å²) in [5.41, 5.74) is 7.87. The number of fused-ring (bicyclic) bond motifs is 1. The first-order valence-corrected chi connectivity index (χ1v) is 14.0. The van der Waals surface area contributed by atoms with Crippen LogP contribution in [0.15, 0.2) is 65.6 Å². The van der Waals surface area contributed by atoms with Crippen LogP contribution >= 0.6 is 0 Å². The number of pyridine rings is 1. The number of nitrogens with zero attached hydrogens (tertiary/aromatic N) is 2. The van der Waals surface area contributed by atoms with Gasteiger partial charge < -0.3 is 14.5 Å². The molecule has 0 unspecified atom stereocenters. The standard InChI is InChI=1S/C33H41N3O/c1-22(2)13-16-36-17-14-24(15-18-36)26-11-12-30-29(19-26)31(23(3)4)32(34-30)27-20-28(33(37)35(5)21-27)25-9-7-6-8-10-25/h6-12,19-24,34H,13-18H2,1-5H3. The molecule has 1 fully saturated rings. The number of H-pyrrole nitrogens is 1. The van der Waals surface area contributed by atoms with Crippen LogP contribution in [0.4, 0.5) is 0 Å². The van der Waals surface area contributed by atoms with E-state index in [1.54, 1.807) is 4.57 Å². The van der Waals surface area contributed by atoms with Crippen molar-refractivity contribution in [2.45, 2.75) is 58.8 Å². The number of hydrogen-bond donors (Lipinski definition) is 1. The highest BCUT2D eigenvalue weighted by atomic mass is 16.1. The molecule has 2 aromatic carbocycles. The minimum atomic E-state index is 0.0270. The zero-order chi connectivity index (χ0) is 26.1. The van der Waals surface area contributed by atoms with Crippen molar-refractivity contribution in [1.29, 1.82) is 0 Å². The Hall–Kier alpha value is -3.11. The molecule has 0 aliphatic carbocycles. The predicted octanol–water partition coefficient (Wildman–Crippen LogP) is 7.55. The summed E-state index contributed by atoms with van der Waals surface area (Å²) in [7, 11) is 1.85. The number of benzene rings is 2. The van der Waals surface area contributed by atoms with E-state index in [4.69, 9.17) is 0 Å². The number of likely N-dealkylation sites (tertiary alicyclic amines) is 1. The van der Waals surface area contributed by atoms with Gasteiger partial charge in [-0.1, -0.05) is 64.1 Å². The lowest BCUT2D eigenvalue weighted by Gasteiger charge is -2.32. The van der Waals surface area contributed by atoms with Gasteiger partial charge in [-0.2, -0.15) is 0 Å². The Morgan fingerprint density at radius 3 is 2.35 bits per heavy atom. The van der Waals surface area contributed by atoms with E-state index >= 15 is 0 Å². The van der Waals surface area contributed by atoms with Gasteiger partial charge in [0.2, 0.25) is 0 Å². The van der Waals surface area contributed by atoms with Gasteiger partial charge in [0.15, 0.2) is 0 Å². The molecule has 0 radical (unpaired) electrons. The van der Waals surface area contributed by atoms with Gasteiger partial charge in [0.1, 0.15) is 0 Å². The van der Waals surface area contributed by atoms with Crippen molar-refractivity contribution in [3.05, 3.63) is 82.3 Å². The first-order chi connectivity index (χ1) is 17.8. The summed E-state index contributed by atoms with van der Waals surface area (Å²) in [6.07, 6.45) is 5.73. The zero-order valence-corrected chi connectivity index (χ0v) is 23.1. The van der Waals surface area contributed by atoms with Crippen LogP contribution in [-0.4, -0.2) is 34.1 Å². The summed E-state index contributed by atoms with van der Waals surface area (Å²) in [6, 6.07) is 19.1. The zero-order valence-electron chi connectivity index (χ0n) is 23.1. The summed E-state index contributed by atoms with van der Waals surface area (Å²) >= 11 is 0. The van der Waals surface area contributed by atoms with E-state index in [1.165, 1.54) is 60.9 Å². The summed E-state index contributed by atoms with van der Waals surface area (Å²) in [6.45, 7) is 12.8. The van der Waals surface area contributed by atoms with Crippen LogP contribution in [-0.2, 0) is 7.05 Å². The highest BCUT2D eigenvalue weighted by molar-refractivity contribution is 5.92. The molecule has 2 aromatic heterocycles. The Bertz CT molecular complexity index is 1420. The minimum absolute atomic E-state index is 0.0270. The Kier molecular flexibility index (Phi) is 7.39. The first-order valence-electron chi connectivity index (χ1n) is 14.0. The van der Waals surface area contributed by atoms with Gasteiger partial charge in [0, 0.05) is 35.3 Å². The van der Waals surface area contributed by atoms with E-state index < -0.39 is 0 Å². The fourth-order valence-electron chi connectivity index (χ4n) is 5.92. The second-order valence-electron chi connectivity index (χ2n) is 11.6. The second-order valence-corrected chi connectivity index (χ2v) is 11.6. The van der Waals surface area contributed by atoms with Crippen molar-refractivity contribution in [1.82, 2.24) is 14.5 Å². The van der Waals surface area contributed by atoms with Crippen LogP contribution in [0, 0.1) is 5.92 Å². The molecule has 1 saturated heterocycles. The van der Waals surface area contributed by atoms with Crippen molar-refractivity contribution in [2.24, 2.45) is 13.0 Å². The molecular formula is C33H41N3O. The smallest absolute Gasteiger partial charge is 0.258 e. The molecule has 4 heteroatoms. The van der Waals surface area contributed by atoms with Crippen LogP contribution in [0.1, 0.15) is 69.9 Å². The lowest BCUT2D eigenvalue weighted by Crippen LogP contribution is -2.34. The van der Waals surface area contributed by atoms with Gasteiger partial charge in [-0.25, -0.2) is 0 Å². The highest BCUT2D eigenvalue weighted by Gasteiger charge is 2.23. The van der Waals surface area contributed by atoms with E-state index in [9.17, 15) is 4.79 Å². The third kappa shape index (κ3) is 5.31. The van der Waals surface area contributed by atoms with Crippen molar-refractivity contribution in [3.8, 4) is 22.4 Å². The van der Waals surface area contributed by atoms with Gasteiger partial charge in [-0.15, -0.1) is 0 Å². The van der Waals surface area contributed by atoms with Gasteiger partial charge in [-0.3, -0.25) is 4.79 Å². The maximum absolute atomic E-state index is 13.0. The molecule has 4 aromatic rings. The molecule has 4 nitrogen and oxygen atoms in total. The molecule has 0 saturated carbocycles. The average molecular weight is 496 g/mol. The van der Waals surface area contributed by atoms with E-state index in [-0.39, 0.29) is 5.56 Å². The summed E-state index contributed by atoms with van der Waals surface area (Å²) in [5, 5.41) is 1.32. The molecule has 1 aliphatic heterocycles. The molecular weight excluding hydrogens is 454 g/mol. The number of aromatic nitrogens is 2. The molecule has 194 valence electrons. The van der Waals surface area contributed by atoms with Crippen LogP contribution in [0.3, 0.4) is 0 Å². The van der Waals surface area contributed by atoms with E-state index in [0.717, 1.165) is 28.3 Å². The molecule has 0 amide bonds. The fraction of sp³-hybridized carbons (Fsp3) is 0.424. The minimum Gasteiger partial charge on any atom is -0.354 e. The van der Waals surface area contributed by atoms with E-state index in [0.29, 0.717) is 11.8 Å². The topological polar surface area (TPSA) is 41.0 Å². The number of rotatable bonds is 7. The van der Waals surface area contributed by atoms with Gasteiger partial charge >= 0.3 is 0 Å². The number of aromatic amines is 1.